The van der Waals surface area contributed by atoms with Gasteiger partial charge in [0.05, 0.1) is 11.9 Å². The number of methoxy groups -OCH3 is 1. The highest BCUT2D eigenvalue weighted by Crippen LogP contribution is 2.38. The summed E-state index contributed by atoms with van der Waals surface area (Å²) in [6.07, 6.45) is -0.326. The third kappa shape index (κ3) is 3.83. The van der Waals surface area contributed by atoms with Crippen molar-refractivity contribution in [1.29, 1.82) is 0 Å². The summed E-state index contributed by atoms with van der Waals surface area (Å²) in [6.45, 7) is 1.27. The van der Waals surface area contributed by atoms with Crippen molar-refractivity contribution in [1.82, 2.24) is 9.97 Å². The second-order valence-electron chi connectivity index (χ2n) is 7.06. The van der Waals surface area contributed by atoms with Crippen LogP contribution >= 0.6 is 11.3 Å². The number of carbonyl (C=O) groups excluding carboxylic acids is 1. The molecule has 0 aliphatic carbocycles. The maximum Gasteiger partial charge on any atom is 0.414 e. The third-order valence-corrected chi connectivity index (χ3v) is 5.89. The van der Waals surface area contributed by atoms with Crippen molar-refractivity contribution >= 4 is 44.8 Å². The van der Waals surface area contributed by atoms with E-state index in [1.165, 1.54) is 0 Å². The molecule has 1 N–H and O–H groups in total. The quantitative estimate of drug-likeness (QED) is 0.451. The summed E-state index contributed by atoms with van der Waals surface area (Å²) < 4.78 is 10.3. The van der Waals surface area contributed by atoms with Crippen molar-refractivity contribution < 1.29 is 14.3 Å². The van der Waals surface area contributed by atoms with Crippen LogP contribution in [-0.4, -0.2) is 36.3 Å². The predicted octanol–water partition coefficient (Wildman–Crippen LogP) is 5.20. The summed E-state index contributed by atoms with van der Waals surface area (Å²) in [4.78, 5) is 23.9. The van der Waals surface area contributed by atoms with Gasteiger partial charge in [-0.1, -0.05) is 36.4 Å². The summed E-state index contributed by atoms with van der Waals surface area (Å²) in [5, 5.41) is 6.51. The summed E-state index contributed by atoms with van der Waals surface area (Å²) >= 11 is 1.58. The SMILES string of the molecule is COCc1nc(Nc2cccc(N3CCOC3=O)c2)c2c(-c3ccccc3)csc2n1. The minimum absolute atomic E-state index is 0.322. The number of hydrogen-bond donors (Lipinski definition) is 1. The van der Waals surface area contributed by atoms with E-state index in [-0.39, 0.29) is 6.09 Å². The number of anilines is 3. The first-order valence-corrected chi connectivity index (χ1v) is 10.7. The van der Waals surface area contributed by atoms with E-state index in [9.17, 15) is 4.79 Å². The van der Waals surface area contributed by atoms with Crippen molar-refractivity contribution in [2.24, 2.45) is 0 Å². The van der Waals surface area contributed by atoms with Crippen molar-refractivity contribution in [2.75, 3.05) is 30.5 Å². The Bertz CT molecular complexity index is 1240. The van der Waals surface area contributed by atoms with Crippen LogP contribution in [0.3, 0.4) is 0 Å². The lowest BCUT2D eigenvalue weighted by atomic mass is 10.1. The van der Waals surface area contributed by atoms with Gasteiger partial charge in [-0.25, -0.2) is 14.8 Å². The fourth-order valence-corrected chi connectivity index (χ4v) is 4.58. The van der Waals surface area contributed by atoms with Crippen LogP contribution in [-0.2, 0) is 16.1 Å². The summed E-state index contributed by atoms with van der Waals surface area (Å²) in [5.74, 6) is 1.32. The molecule has 1 saturated heterocycles. The number of amides is 1. The van der Waals surface area contributed by atoms with Gasteiger partial charge in [0.15, 0.2) is 5.82 Å². The van der Waals surface area contributed by atoms with Gasteiger partial charge >= 0.3 is 6.09 Å². The van der Waals surface area contributed by atoms with Gasteiger partial charge in [-0.2, -0.15) is 0 Å². The molecule has 0 saturated carbocycles. The molecule has 2 aromatic carbocycles. The van der Waals surface area contributed by atoms with Crippen molar-refractivity contribution in [3.05, 3.63) is 65.8 Å². The lowest BCUT2D eigenvalue weighted by Crippen LogP contribution is -2.23. The van der Waals surface area contributed by atoms with Gasteiger partial charge in [-0.3, -0.25) is 4.90 Å². The maximum absolute atomic E-state index is 12.0. The van der Waals surface area contributed by atoms with Crippen molar-refractivity contribution in [3.8, 4) is 11.1 Å². The fraction of sp³-hybridized carbons (Fsp3) is 0.174. The molecule has 8 heteroatoms. The van der Waals surface area contributed by atoms with Crippen molar-refractivity contribution in [2.45, 2.75) is 6.61 Å². The largest absolute Gasteiger partial charge is 0.447 e. The molecule has 156 valence electrons. The topological polar surface area (TPSA) is 76.6 Å². The number of fused-ring (bicyclic) bond motifs is 1. The Morgan fingerprint density at radius 1 is 1.16 bits per heavy atom. The van der Waals surface area contributed by atoms with Crippen LogP contribution in [0.1, 0.15) is 5.82 Å². The molecule has 0 spiro atoms. The van der Waals surface area contributed by atoms with E-state index in [4.69, 9.17) is 14.5 Å². The second kappa shape index (κ2) is 8.33. The van der Waals surface area contributed by atoms with Gasteiger partial charge < -0.3 is 14.8 Å². The number of aromatic nitrogens is 2. The van der Waals surface area contributed by atoms with Crippen LogP contribution in [0.15, 0.2) is 60.0 Å². The molecule has 31 heavy (non-hydrogen) atoms. The molecule has 0 bridgehead atoms. The molecular weight excluding hydrogens is 412 g/mol. The molecule has 1 aliphatic heterocycles. The number of carbonyl (C=O) groups is 1. The first kappa shape index (κ1) is 19.5. The average Bonchev–Trinajstić information content (AvgIpc) is 3.41. The van der Waals surface area contributed by atoms with Gasteiger partial charge in [0, 0.05) is 29.4 Å². The van der Waals surface area contributed by atoms with E-state index in [2.05, 4.69) is 27.8 Å². The van der Waals surface area contributed by atoms with Crippen molar-refractivity contribution in [3.63, 3.8) is 0 Å². The molecule has 1 amide bonds. The Hall–Kier alpha value is -3.49. The highest BCUT2D eigenvalue weighted by atomic mass is 32.1. The zero-order chi connectivity index (χ0) is 21.2. The zero-order valence-corrected chi connectivity index (χ0v) is 17.7. The summed E-state index contributed by atoms with van der Waals surface area (Å²) in [5.41, 5.74) is 3.79. The smallest absolute Gasteiger partial charge is 0.414 e. The molecule has 2 aromatic heterocycles. The van der Waals surface area contributed by atoms with E-state index in [1.54, 1.807) is 23.3 Å². The summed E-state index contributed by atoms with van der Waals surface area (Å²) in [6, 6.07) is 17.9. The Balaban J connectivity index is 1.58. The monoisotopic (exact) mass is 432 g/mol. The van der Waals surface area contributed by atoms with Gasteiger partial charge in [-0.05, 0) is 23.8 Å². The number of ether oxygens (including phenoxy) is 2. The first-order valence-electron chi connectivity index (χ1n) is 9.87. The fourth-order valence-electron chi connectivity index (χ4n) is 3.62. The zero-order valence-electron chi connectivity index (χ0n) is 16.9. The number of cyclic esters (lactones) is 1. The Kier molecular flexibility index (Phi) is 5.23. The molecule has 1 fully saturated rings. The molecular formula is C23H20N4O3S. The van der Waals surface area contributed by atoms with Crippen LogP contribution in [0.4, 0.5) is 22.0 Å². The minimum atomic E-state index is -0.326. The Morgan fingerprint density at radius 3 is 2.81 bits per heavy atom. The maximum atomic E-state index is 12.0. The van der Waals surface area contributed by atoms with Gasteiger partial charge in [-0.15, -0.1) is 11.3 Å². The molecule has 0 radical (unpaired) electrons. The van der Waals surface area contributed by atoms with Crippen LogP contribution in [0, 0.1) is 0 Å². The van der Waals surface area contributed by atoms with Gasteiger partial charge in [0.25, 0.3) is 0 Å². The lowest BCUT2D eigenvalue weighted by molar-refractivity contribution is 0.178. The normalized spacial score (nSPS) is 13.6. The van der Waals surface area contributed by atoms with E-state index < -0.39 is 0 Å². The molecule has 0 atom stereocenters. The second-order valence-corrected chi connectivity index (χ2v) is 7.92. The van der Waals surface area contributed by atoms with Crippen LogP contribution in [0.25, 0.3) is 21.3 Å². The standard InChI is InChI=1S/C23H20N4O3S/c1-29-13-19-25-21(20-18(14-31-22(20)26-19)15-6-3-2-4-7-15)24-16-8-5-9-17(12-16)27-10-11-30-23(27)28/h2-9,12,14H,10-11,13H2,1H3,(H,24,25,26). The Labute approximate surface area is 183 Å². The highest BCUT2D eigenvalue weighted by molar-refractivity contribution is 7.17. The van der Waals surface area contributed by atoms with Crippen LogP contribution in [0.2, 0.25) is 0 Å². The molecule has 5 rings (SSSR count). The van der Waals surface area contributed by atoms with E-state index in [0.29, 0.717) is 31.4 Å². The number of nitrogens with one attached hydrogen (secondary N) is 1. The molecule has 0 unspecified atom stereocenters. The van der Waals surface area contributed by atoms with Crippen LogP contribution in [0.5, 0.6) is 0 Å². The molecule has 3 heterocycles. The first-order chi connectivity index (χ1) is 15.2. The number of benzene rings is 2. The number of thiophene rings is 1. The van der Waals surface area contributed by atoms with Gasteiger partial charge in [0.2, 0.25) is 0 Å². The molecule has 4 aromatic rings. The van der Waals surface area contributed by atoms with E-state index >= 15 is 0 Å². The molecule has 7 nitrogen and oxygen atoms in total. The number of rotatable bonds is 6. The highest BCUT2D eigenvalue weighted by Gasteiger charge is 2.24. The van der Waals surface area contributed by atoms with E-state index in [1.807, 2.05) is 42.5 Å². The number of hydrogen-bond acceptors (Lipinski definition) is 7. The third-order valence-electron chi connectivity index (χ3n) is 5.02. The molecule has 1 aliphatic rings. The average molecular weight is 433 g/mol. The summed E-state index contributed by atoms with van der Waals surface area (Å²) in [7, 11) is 1.63. The van der Waals surface area contributed by atoms with Gasteiger partial charge in [0.1, 0.15) is 23.9 Å². The minimum Gasteiger partial charge on any atom is -0.447 e. The predicted molar refractivity (Wildman–Crippen MR) is 122 cm³/mol. The van der Waals surface area contributed by atoms with E-state index in [0.717, 1.165) is 32.7 Å². The number of nitrogens with zero attached hydrogens (tertiary/aromatic N) is 3. The Morgan fingerprint density at radius 2 is 2.03 bits per heavy atom. The lowest BCUT2D eigenvalue weighted by Gasteiger charge is -2.15. The van der Waals surface area contributed by atoms with Crippen LogP contribution < -0.4 is 10.2 Å².